The zero-order valence-electron chi connectivity index (χ0n) is 11.6. The van der Waals surface area contributed by atoms with E-state index in [4.69, 9.17) is 0 Å². The molecule has 2 saturated heterocycles. The number of piperidine rings is 1. The minimum absolute atomic E-state index is 0.00160. The van der Waals surface area contributed by atoms with Gasteiger partial charge in [-0.25, -0.2) is 0 Å². The average molecular weight is 274 g/mol. The highest BCUT2D eigenvalue weighted by atomic mass is 16.2. The third kappa shape index (κ3) is 2.05. The number of hydrogen-bond acceptors (Lipinski definition) is 4. The van der Waals surface area contributed by atoms with Gasteiger partial charge in [-0.05, 0) is 25.3 Å². The number of carbonyl (C=O) groups excluding carboxylic acids is 2. The van der Waals surface area contributed by atoms with Gasteiger partial charge in [0.1, 0.15) is 0 Å². The molecule has 0 aromatic carbocycles. The van der Waals surface area contributed by atoms with Crippen LogP contribution in [-0.4, -0.2) is 57.5 Å². The molecule has 3 rings (SSSR count). The zero-order chi connectivity index (χ0) is 14.2. The van der Waals surface area contributed by atoms with Crippen molar-refractivity contribution in [2.75, 3.05) is 20.1 Å². The molecule has 6 heteroatoms. The summed E-state index contributed by atoms with van der Waals surface area (Å²) in [5, 5.41) is 7.43. The predicted octanol–water partition coefficient (Wildman–Crippen LogP) is 0.704. The summed E-state index contributed by atoms with van der Waals surface area (Å²) in [6.45, 7) is 1.39. The van der Waals surface area contributed by atoms with E-state index >= 15 is 0 Å². The molecule has 0 radical (unpaired) electrons. The highest BCUT2D eigenvalue weighted by Gasteiger charge is 2.45. The van der Waals surface area contributed by atoms with E-state index in [0.717, 1.165) is 19.3 Å². The number of carbonyl (C=O) groups is 2. The first kappa shape index (κ1) is 13.0. The van der Waals surface area contributed by atoms with Crippen molar-refractivity contribution in [1.29, 1.82) is 0 Å². The first-order valence-corrected chi connectivity index (χ1v) is 6.95. The summed E-state index contributed by atoms with van der Waals surface area (Å²) in [7, 11) is 1.89. The average Bonchev–Trinajstić information content (AvgIpc) is 2.77. The number of nitrogens with zero attached hydrogens (tertiary/aromatic N) is 4. The minimum atomic E-state index is -0.0235. The summed E-state index contributed by atoms with van der Waals surface area (Å²) in [5.74, 6) is 0.227. The molecule has 1 aromatic heterocycles. The number of aromatic nitrogens is 2. The molecule has 2 amide bonds. The first-order valence-electron chi connectivity index (χ1n) is 6.95. The molecule has 1 spiro atoms. The maximum Gasteiger partial charge on any atom is 0.255 e. The lowest BCUT2D eigenvalue weighted by molar-refractivity contribution is -0.130. The highest BCUT2D eigenvalue weighted by molar-refractivity contribution is 5.93. The van der Waals surface area contributed by atoms with Gasteiger partial charge in [-0.3, -0.25) is 9.59 Å². The molecule has 3 heterocycles. The van der Waals surface area contributed by atoms with Gasteiger partial charge >= 0.3 is 0 Å². The van der Waals surface area contributed by atoms with Crippen LogP contribution < -0.4 is 0 Å². The van der Waals surface area contributed by atoms with Crippen molar-refractivity contribution >= 4 is 11.8 Å². The Morgan fingerprint density at radius 1 is 1.25 bits per heavy atom. The summed E-state index contributed by atoms with van der Waals surface area (Å²) in [4.78, 5) is 27.8. The molecule has 1 aromatic rings. The Hall–Kier alpha value is -1.98. The van der Waals surface area contributed by atoms with E-state index in [1.54, 1.807) is 6.07 Å². The quantitative estimate of drug-likeness (QED) is 0.756. The molecule has 0 aliphatic carbocycles. The molecule has 0 N–H and O–H groups in total. The summed E-state index contributed by atoms with van der Waals surface area (Å²) in [6, 6.07) is 1.69. The Labute approximate surface area is 117 Å². The Kier molecular flexibility index (Phi) is 3.16. The molecule has 106 valence electrons. The van der Waals surface area contributed by atoms with E-state index < -0.39 is 0 Å². The Morgan fingerprint density at radius 2 is 2.00 bits per heavy atom. The minimum Gasteiger partial charge on any atom is -0.340 e. The van der Waals surface area contributed by atoms with Crippen LogP contribution >= 0.6 is 0 Å². The van der Waals surface area contributed by atoms with Crippen LogP contribution in [0.3, 0.4) is 0 Å². The number of likely N-dealkylation sites (tertiary alicyclic amines) is 2. The van der Waals surface area contributed by atoms with E-state index in [9.17, 15) is 9.59 Å². The molecular formula is C14H18N4O2. The summed E-state index contributed by atoms with van der Waals surface area (Å²) >= 11 is 0. The molecule has 6 nitrogen and oxygen atoms in total. The maximum atomic E-state index is 12.3. The third-order valence-corrected chi connectivity index (χ3v) is 4.70. The molecular weight excluding hydrogens is 256 g/mol. The number of amides is 2. The third-order valence-electron chi connectivity index (χ3n) is 4.70. The molecule has 0 bridgehead atoms. The topological polar surface area (TPSA) is 66.4 Å². The molecule has 2 aliphatic rings. The fourth-order valence-corrected chi connectivity index (χ4v) is 3.25. The van der Waals surface area contributed by atoms with Gasteiger partial charge in [0.15, 0.2) is 0 Å². The van der Waals surface area contributed by atoms with Crippen molar-refractivity contribution in [3.05, 3.63) is 24.0 Å². The Morgan fingerprint density at radius 3 is 2.55 bits per heavy atom. The first-order chi connectivity index (χ1) is 9.62. The van der Waals surface area contributed by atoms with E-state index in [0.29, 0.717) is 25.1 Å². The van der Waals surface area contributed by atoms with Gasteiger partial charge in [0, 0.05) is 32.1 Å². The van der Waals surface area contributed by atoms with Crippen LogP contribution in [0.25, 0.3) is 0 Å². The van der Waals surface area contributed by atoms with E-state index in [1.165, 1.54) is 12.4 Å². The maximum absolute atomic E-state index is 12.3. The van der Waals surface area contributed by atoms with Crippen LogP contribution in [0.5, 0.6) is 0 Å². The zero-order valence-corrected chi connectivity index (χ0v) is 11.6. The van der Waals surface area contributed by atoms with Gasteiger partial charge in [0.25, 0.3) is 5.91 Å². The van der Waals surface area contributed by atoms with Gasteiger partial charge < -0.3 is 9.80 Å². The predicted molar refractivity (Wildman–Crippen MR) is 71.9 cm³/mol. The smallest absolute Gasteiger partial charge is 0.255 e. The molecule has 0 unspecified atom stereocenters. The lowest BCUT2D eigenvalue weighted by atomic mass is 9.85. The fraction of sp³-hybridized carbons (Fsp3) is 0.571. The molecule has 0 atom stereocenters. The van der Waals surface area contributed by atoms with Gasteiger partial charge in [0.2, 0.25) is 5.91 Å². The van der Waals surface area contributed by atoms with Crippen molar-refractivity contribution in [1.82, 2.24) is 20.0 Å². The normalized spacial score (nSPS) is 21.6. The molecule has 0 saturated carbocycles. The lowest BCUT2D eigenvalue weighted by Crippen LogP contribution is -2.52. The summed E-state index contributed by atoms with van der Waals surface area (Å²) in [5.41, 5.74) is 0.552. The van der Waals surface area contributed by atoms with Gasteiger partial charge in [-0.2, -0.15) is 10.2 Å². The van der Waals surface area contributed by atoms with Crippen LogP contribution in [0.2, 0.25) is 0 Å². The second kappa shape index (κ2) is 4.85. The van der Waals surface area contributed by atoms with Crippen LogP contribution in [0.4, 0.5) is 0 Å². The van der Waals surface area contributed by atoms with Gasteiger partial charge in [-0.15, -0.1) is 0 Å². The summed E-state index contributed by atoms with van der Waals surface area (Å²) in [6.07, 6.45) is 6.30. The molecule has 20 heavy (non-hydrogen) atoms. The lowest BCUT2D eigenvalue weighted by Gasteiger charge is -2.43. The monoisotopic (exact) mass is 274 g/mol. The highest BCUT2D eigenvalue weighted by Crippen LogP contribution is 2.38. The van der Waals surface area contributed by atoms with Crippen molar-refractivity contribution in [2.24, 2.45) is 0 Å². The van der Waals surface area contributed by atoms with Crippen molar-refractivity contribution in [3.63, 3.8) is 0 Å². The van der Waals surface area contributed by atoms with Crippen molar-refractivity contribution in [2.45, 2.75) is 31.2 Å². The molecule has 2 aliphatic heterocycles. The largest absolute Gasteiger partial charge is 0.340 e. The van der Waals surface area contributed by atoms with Crippen molar-refractivity contribution in [3.8, 4) is 0 Å². The second-order valence-electron chi connectivity index (χ2n) is 5.60. The van der Waals surface area contributed by atoms with Gasteiger partial charge in [-0.1, -0.05) is 0 Å². The molecule has 2 fully saturated rings. The van der Waals surface area contributed by atoms with Crippen LogP contribution in [-0.2, 0) is 4.79 Å². The van der Waals surface area contributed by atoms with Crippen LogP contribution in [0, 0.1) is 0 Å². The fourth-order valence-electron chi connectivity index (χ4n) is 3.25. The van der Waals surface area contributed by atoms with Gasteiger partial charge in [0.05, 0.1) is 18.0 Å². The van der Waals surface area contributed by atoms with Crippen molar-refractivity contribution < 1.29 is 9.59 Å². The van der Waals surface area contributed by atoms with E-state index in [1.807, 2.05) is 16.8 Å². The Balaban J connectivity index is 1.67. The SMILES string of the molecule is CN1C(=O)CCC12CCN(C(=O)c1ccnnc1)CC2. The number of rotatable bonds is 1. The van der Waals surface area contributed by atoms with Crippen LogP contribution in [0.15, 0.2) is 18.5 Å². The Bertz CT molecular complexity index is 523. The number of hydrogen-bond donors (Lipinski definition) is 0. The van der Waals surface area contributed by atoms with E-state index in [2.05, 4.69) is 10.2 Å². The van der Waals surface area contributed by atoms with Crippen LogP contribution in [0.1, 0.15) is 36.0 Å². The standard InChI is InChI=1S/C14H18N4O2/c1-17-12(19)2-4-14(17)5-8-18(9-6-14)13(20)11-3-7-15-16-10-11/h3,7,10H,2,4-6,8-9H2,1H3. The second-order valence-corrected chi connectivity index (χ2v) is 5.60. The summed E-state index contributed by atoms with van der Waals surface area (Å²) < 4.78 is 0. The van der Waals surface area contributed by atoms with E-state index in [-0.39, 0.29) is 17.4 Å².